The first kappa shape index (κ1) is 18.7. The van der Waals surface area contributed by atoms with Crippen molar-refractivity contribution >= 4 is 10.0 Å². The number of hydrogen-bond acceptors (Lipinski definition) is 3. The summed E-state index contributed by atoms with van der Waals surface area (Å²) in [6.07, 6.45) is -4.72. The van der Waals surface area contributed by atoms with Crippen molar-refractivity contribution < 1.29 is 26.5 Å². The minimum atomic E-state index is -4.72. The number of quaternary nitrogens is 1. The maximum absolute atomic E-state index is 13.1. The molecule has 132 valence electrons. The second-order valence-electron chi connectivity index (χ2n) is 5.88. The highest BCUT2D eigenvalue weighted by atomic mass is 32.2. The van der Waals surface area contributed by atoms with Crippen LogP contribution in [0.5, 0.6) is 0 Å². The van der Waals surface area contributed by atoms with E-state index in [4.69, 9.17) is 5.26 Å². The van der Waals surface area contributed by atoms with Crippen molar-refractivity contribution in [1.29, 1.82) is 5.26 Å². The first-order valence-electron chi connectivity index (χ1n) is 7.56. The fraction of sp³-hybridized carbons (Fsp3) is 0.533. The highest BCUT2D eigenvalue weighted by molar-refractivity contribution is 7.89. The van der Waals surface area contributed by atoms with Gasteiger partial charge in [-0.15, -0.1) is 0 Å². The van der Waals surface area contributed by atoms with Gasteiger partial charge in [-0.05, 0) is 19.1 Å². The number of hydrogen-bond donors (Lipinski definition) is 1. The van der Waals surface area contributed by atoms with E-state index in [1.54, 1.807) is 6.92 Å². The van der Waals surface area contributed by atoms with E-state index in [2.05, 4.69) is 6.07 Å². The molecular formula is C15H19F3N3O2S+. The first-order chi connectivity index (χ1) is 11.2. The smallest absolute Gasteiger partial charge is 0.332 e. The van der Waals surface area contributed by atoms with Gasteiger partial charge in [0.1, 0.15) is 0 Å². The zero-order chi connectivity index (χ0) is 18.0. The molecule has 0 saturated carbocycles. The van der Waals surface area contributed by atoms with Crippen LogP contribution in [0.25, 0.3) is 0 Å². The van der Waals surface area contributed by atoms with E-state index in [9.17, 15) is 21.6 Å². The summed E-state index contributed by atoms with van der Waals surface area (Å²) in [6.45, 7) is 3.61. The lowest BCUT2D eigenvalue weighted by Crippen LogP contribution is -3.15. The Kier molecular flexibility index (Phi) is 5.52. The Bertz CT molecular complexity index is 720. The minimum absolute atomic E-state index is 0.141. The predicted octanol–water partition coefficient (Wildman–Crippen LogP) is 0.754. The molecule has 1 atom stereocenters. The number of nitrogens with zero attached hydrogens (tertiary/aromatic N) is 2. The lowest BCUT2D eigenvalue weighted by Gasteiger charge is -2.32. The van der Waals surface area contributed by atoms with Crippen LogP contribution >= 0.6 is 0 Å². The first-order valence-corrected chi connectivity index (χ1v) is 9.00. The number of sulfonamides is 1. The highest BCUT2D eigenvalue weighted by Crippen LogP contribution is 2.35. The van der Waals surface area contributed by atoms with E-state index < -0.39 is 26.7 Å². The second-order valence-corrected chi connectivity index (χ2v) is 7.79. The molecule has 1 aromatic rings. The lowest BCUT2D eigenvalue weighted by molar-refractivity contribution is -0.905. The van der Waals surface area contributed by atoms with Crippen molar-refractivity contribution in [2.75, 3.05) is 32.7 Å². The molecule has 1 heterocycles. The van der Waals surface area contributed by atoms with Gasteiger partial charge in [0.25, 0.3) is 0 Å². The van der Waals surface area contributed by atoms with Gasteiger partial charge >= 0.3 is 6.18 Å². The summed E-state index contributed by atoms with van der Waals surface area (Å²) in [6, 6.07) is 6.37. The summed E-state index contributed by atoms with van der Waals surface area (Å²) in [4.78, 5) is 0.381. The van der Waals surface area contributed by atoms with Crippen LogP contribution in [0.3, 0.4) is 0 Å². The topological polar surface area (TPSA) is 65.6 Å². The van der Waals surface area contributed by atoms with Gasteiger partial charge in [0, 0.05) is 0 Å². The van der Waals surface area contributed by atoms with Crippen LogP contribution in [0.1, 0.15) is 12.5 Å². The summed E-state index contributed by atoms with van der Waals surface area (Å²) >= 11 is 0. The third kappa shape index (κ3) is 4.06. The molecule has 1 aromatic carbocycles. The number of nitriles is 1. The van der Waals surface area contributed by atoms with E-state index in [0.717, 1.165) is 21.3 Å². The molecule has 0 radical (unpaired) electrons. The van der Waals surface area contributed by atoms with Crippen molar-refractivity contribution in [1.82, 2.24) is 4.31 Å². The quantitative estimate of drug-likeness (QED) is 0.860. The van der Waals surface area contributed by atoms with Crippen LogP contribution in [-0.4, -0.2) is 45.4 Å². The fourth-order valence-corrected chi connectivity index (χ4v) is 4.44. The number of piperazine rings is 1. The SMILES string of the molecule is C[C@H](C#N)C[NH+]1CCN(S(=O)(=O)c2ccccc2C(F)(F)F)CC1. The molecule has 0 unspecified atom stereocenters. The molecule has 0 amide bonds. The maximum atomic E-state index is 13.1. The van der Waals surface area contributed by atoms with Crippen LogP contribution in [0.15, 0.2) is 29.2 Å². The molecule has 1 N–H and O–H groups in total. The highest BCUT2D eigenvalue weighted by Gasteiger charge is 2.40. The molecule has 2 rings (SSSR count). The van der Waals surface area contributed by atoms with Crippen LogP contribution in [0, 0.1) is 17.2 Å². The number of rotatable bonds is 4. The molecule has 24 heavy (non-hydrogen) atoms. The third-order valence-electron chi connectivity index (χ3n) is 4.06. The summed E-state index contributed by atoms with van der Waals surface area (Å²) in [5.41, 5.74) is -1.14. The largest absolute Gasteiger partial charge is 0.417 e. The van der Waals surface area contributed by atoms with Gasteiger partial charge in [-0.3, -0.25) is 0 Å². The molecule has 1 saturated heterocycles. The summed E-state index contributed by atoms with van der Waals surface area (Å²) in [5.74, 6) is -0.144. The normalized spacial score (nSPS) is 19.0. The van der Waals surface area contributed by atoms with E-state index in [-0.39, 0.29) is 19.0 Å². The van der Waals surface area contributed by atoms with Crippen molar-refractivity contribution in [3.63, 3.8) is 0 Å². The van der Waals surface area contributed by atoms with Crippen molar-refractivity contribution in [2.24, 2.45) is 5.92 Å². The Labute approximate surface area is 139 Å². The molecule has 0 bridgehead atoms. The fourth-order valence-electron chi connectivity index (χ4n) is 2.79. The van der Waals surface area contributed by atoms with Gasteiger partial charge < -0.3 is 4.90 Å². The Morgan fingerprint density at radius 3 is 2.42 bits per heavy atom. The zero-order valence-electron chi connectivity index (χ0n) is 13.2. The average molecular weight is 362 g/mol. The molecule has 1 fully saturated rings. The van der Waals surface area contributed by atoms with E-state index >= 15 is 0 Å². The van der Waals surface area contributed by atoms with Gasteiger partial charge in [-0.1, -0.05) is 12.1 Å². The number of alkyl halides is 3. The van der Waals surface area contributed by atoms with E-state index in [1.165, 1.54) is 12.1 Å². The van der Waals surface area contributed by atoms with Crippen molar-refractivity contribution in [2.45, 2.75) is 18.0 Å². The minimum Gasteiger partial charge on any atom is -0.332 e. The van der Waals surface area contributed by atoms with Gasteiger partial charge in [-0.25, -0.2) is 8.42 Å². The maximum Gasteiger partial charge on any atom is 0.417 e. The van der Waals surface area contributed by atoms with Crippen LogP contribution in [0.2, 0.25) is 0 Å². The Morgan fingerprint density at radius 2 is 1.88 bits per heavy atom. The third-order valence-corrected chi connectivity index (χ3v) is 6.01. The summed E-state index contributed by atoms with van der Waals surface area (Å²) in [5, 5.41) is 8.83. The number of benzene rings is 1. The molecule has 0 spiro atoms. The molecule has 0 aliphatic carbocycles. The summed E-state index contributed by atoms with van der Waals surface area (Å²) in [7, 11) is -4.20. The molecule has 1 aliphatic heterocycles. The molecule has 9 heteroatoms. The van der Waals surface area contributed by atoms with Crippen LogP contribution < -0.4 is 4.90 Å². The monoisotopic (exact) mass is 362 g/mol. The lowest BCUT2D eigenvalue weighted by atomic mass is 10.2. The standard InChI is InChI=1S/C15H18F3N3O2S/c1-12(10-19)11-20-6-8-21(9-7-20)24(22,23)14-5-3-2-4-13(14)15(16,17)18/h2-5,12H,6-9,11H2,1H3/p+1/t12-/m1/s1. The van der Waals surface area contributed by atoms with E-state index in [0.29, 0.717) is 19.6 Å². The van der Waals surface area contributed by atoms with Gasteiger partial charge in [0.15, 0.2) is 0 Å². The van der Waals surface area contributed by atoms with Gasteiger partial charge in [-0.2, -0.15) is 22.7 Å². The van der Waals surface area contributed by atoms with Gasteiger partial charge in [0.05, 0.1) is 55.2 Å². The van der Waals surface area contributed by atoms with Crippen LogP contribution in [-0.2, 0) is 16.2 Å². The molecule has 5 nitrogen and oxygen atoms in total. The zero-order valence-corrected chi connectivity index (χ0v) is 14.0. The van der Waals surface area contributed by atoms with E-state index in [1.807, 2.05) is 0 Å². The number of halogens is 3. The van der Waals surface area contributed by atoms with Crippen molar-refractivity contribution in [3.05, 3.63) is 29.8 Å². The summed E-state index contributed by atoms with van der Waals surface area (Å²) < 4.78 is 65.5. The molecular weight excluding hydrogens is 343 g/mol. The number of nitrogens with one attached hydrogen (secondary N) is 1. The van der Waals surface area contributed by atoms with Crippen LogP contribution in [0.4, 0.5) is 13.2 Å². The molecule has 0 aromatic heterocycles. The second kappa shape index (κ2) is 7.09. The average Bonchev–Trinajstić information content (AvgIpc) is 2.54. The van der Waals surface area contributed by atoms with Crippen molar-refractivity contribution in [3.8, 4) is 6.07 Å². The molecule has 1 aliphatic rings. The predicted molar refractivity (Wildman–Crippen MR) is 80.5 cm³/mol. The Morgan fingerprint density at radius 1 is 1.29 bits per heavy atom. The van der Waals surface area contributed by atoms with Gasteiger partial charge in [0.2, 0.25) is 10.0 Å². The Hall–Kier alpha value is -1.63. The Balaban J connectivity index is 2.18.